The molecule has 6 heavy (non-hydrogen) atoms. The van der Waals surface area contributed by atoms with Crippen molar-refractivity contribution in [2.75, 3.05) is 6.61 Å². The predicted molar refractivity (Wildman–Crippen MR) is 23.8 cm³/mol. The standard InChI is InChI=1S/C2H6O.C2H5.Zn/c1-2-3;1-2;/h3H,2H2,1H3;1H2,2H3;/q;-1;. The minimum absolute atomic E-state index is 0. The van der Waals surface area contributed by atoms with Crippen molar-refractivity contribution in [1.29, 1.82) is 0 Å². The maximum Gasteiger partial charge on any atom is 0.0402 e. The molecule has 0 atom stereocenters. The van der Waals surface area contributed by atoms with Crippen LogP contribution in [0.15, 0.2) is 0 Å². The number of hydrogen-bond acceptors (Lipinski definition) is 1. The predicted octanol–water partition coefficient (Wildman–Crippen LogP) is 0.836. The molecule has 0 aromatic carbocycles. The van der Waals surface area contributed by atoms with E-state index in [1.807, 2.05) is 0 Å². The van der Waals surface area contributed by atoms with Crippen LogP contribution in [0.25, 0.3) is 0 Å². The van der Waals surface area contributed by atoms with Crippen molar-refractivity contribution < 1.29 is 24.6 Å². The summed E-state index contributed by atoms with van der Waals surface area (Å²) in [7, 11) is 0. The van der Waals surface area contributed by atoms with Crippen molar-refractivity contribution in [2.24, 2.45) is 0 Å². The first-order valence-corrected chi connectivity index (χ1v) is 1.73. The van der Waals surface area contributed by atoms with Gasteiger partial charge in [-0.1, -0.05) is 0 Å². The Morgan fingerprint density at radius 1 is 1.50 bits per heavy atom. The molecule has 0 aliphatic rings. The van der Waals surface area contributed by atoms with Crippen LogP contribution in [-0.4, -0.2) is 11.7 Å². The van der Waals surface area contributed by atoms with Crippen LogP contribution < -0.4 is 0 Å². The number of hydrogen-bond donors (Lipinski definition) is 1. The van der Waals surface area contributed by atoms with Crippen molar-refractivity contribution >= 4 is 0 Å². The fraction of sp³-hybridized carbons (Fsp3) is 0.750. The molecule has 0 fully saturated rings. The molecule has 0 aromatic rings. The topological polar surface area (TPSA) is 20.2 Å². The summed E-state index contributed by atoms with van der Waals surface area (Å²) in [6.45, 7) is 6.93. The molecule has 0 saturated heterocycles. The Hall–Kier alpha value is 0.583. The summed E-state index contributed by atoms with van der Waals surface area (Å²) in [5.74, 6) is 0. The van der Waals surface area contributed by atoms with Gasteiger partial charge in [0.15, 0.2) is 0 Å². The van der Waals surface area contributed by atoms with Gasteiger partial charge in [-0.25, -0.2) is 0 Å². The van der Waals surface area contributed by atoms with Crippen molar-refractivity contribution in [1.82, 2.24) is 0 Å². The normalized spacial score (nSPS) is 4.00. The van der Waals surface area contributed by atoms with Crippen molar-refractivity contribution in [3.05, 3.63) is 6.92 Å². The van der Waals surface area contributed by atoms with Gasteiger partial charge >= 0.3 is 0 Å². The molecule has 0 aliphatic heterocycles. The molecular formula is C4H11OZn-. The van der Waals surface area contributed by atoms with Gasteiger partial charge in [0, 0.05) is 26.1 Å². The molecule has 1 N–H and O–H groups in total. The van der Waals surface area contributed by atoms with Crippen molar-refractivity contribution in [3.8, 4) is 0 Å². The van der Waals surface area contributed by atoms with Crippen LogP contribution in [0, 0.1) is 6.92 Å². The monoisotopic (exact) mass is 139 g/mol. The first kappa shape index (κ1) is 16.0. The Morgan fingerprint density at radius 3 is 1.50 bits per heavy atom. The average Bonchev–Trinajstić information content (AvgIpc) is 1.46. The third-order valence-electron chi connectivity index (χ3n) is 0. The SMILES string of the molecule is CCO.[CH2-]C.[Zn]. The van der Waals surface area contributed by atoms with Crippen LogP contribution in [0.3, 0.4) is 0 Å². The first-order chi connectivity index (χ1) is 2.41. The van der Waals surface area contributed by atoms with E-state index in [0.29, 0.717) is 0 Å². The zero-order chi connectivity index (χ0) is 4.71. The van der Waals surface area contributed by atoms with E-state index >= 15 is 0 Å². The van der Waals surface area contributed by atoms with Crippen molar-refractivity contribution in [3.63, 3.8) is 0 Å². The Bertz CT molecular complexity index is 7.51. The van der Waals surface area contributed by atoms with Gasteiger partial charge in [0.2, 0.25) is 0 Å². The Morgan fingerprint density at radius 2 is 1.50 bits per heavy atom. The van der Waals surface area contributed by atoms with E-state index in [-0.39, 0.29) is 26.1 Å². The van der Waals surface area contributed by atoms with Gasteiger partial charge in [0.25, 0.3) is 0 Å². The molecule has 0 saturated carbocycles. The molecule has 0 rings (SSSR count). The van der Waals surface area contributed by atoms with E-state index < -0.39 is 0 Å². The van der Waals surface area contributed by atoms with Gasteiger partial charge < -0.3 is 12.0 Å². The maximum absolute atomic E-state index is 7.57. The minimum atomic E-state index is 0. The second-order valence-electron chi connectivity index (χ2n) is 0.316. The van der Waals surface area contributed by atoms with Gasteiger partial charge in [-0.2, -0.15) is 6.92 Å². The zero-order valence-corrected chi connectivity index (χ0v) is 7.54. The molecule has 0 amide bonds. The molecule has 0 aromatic heterocycles. The fourth-order valence-corrected chi connectivity index (χ4v) is 0. The van der Waals surface area contributed by atoms with Crippen LogP contribution in [0.1, 0.15) is 13.8 Å². The maximum atomic E-state index is 7.57. The molecule has 0 unspecified atom stereocenters. The molecule has 0 aliphatic carbocycles. The van der Waals surface area contributed by atoms with E-state index in [0.717, 1.165) is 0 Å². The van der Waals surface area contributed by atoms with Crippen LogP contribution in [-0.2, 0) is 19.5 Å². The summed E-state index contributed by atoms with van der Waals surface area (Å²) >= 11 is 0. The second-order valence-corrected chi connectivity index (χ2v) is 0.316. The van der Waals surface area contributed by atoms with Gasteiger partial charge in [-0.15, -0.1) is 0 Å². The molecule has 0 radical (unpaired) electrons. The number of aliphatic hydroxyl groups excluding tert-OH is 1. The summed E-state index contributed by atoms with van der Waals surface area (Å²) in [5.41, 5.74) is 0. The van der Waals surface area contributed by atoms with Gasteiger partial charge in [-0.3, -0.25) is 0 Å². The summed E-state index contributed by atoms with van der Waals surface area (Å²) in [4.78, 5) is 0. The van der Waals surface area contributed by atoms with Gasteiger partial charge in [0.05, 0.1) is 0 Å². The molecule has 36 valence electrons. The third-order valence-corrected chi connectivity index (χ3v) is 0. The smallest absolute Gasteiger partial charge is 0.0402 e. The molecule has 1 nitrogen and oxygen atoms in total. The molecule has 2 heteroatoms. The Kier molecular flexibility index (Phi) is 125. The second kappa shape index (κ2) is 46.8. The molecule has 0 bridgehead atoms. The van der Waals surface area contributed by atoms with Crippen LogP contribution in [0.5, 0.6) is 0 Å². The van der Waals surface area contributed by atoms with E-state index in [9.17, 15) is 0 Å². The zero-order valence-electron chi connectivity index (χ0n) is 4.57. The van der Waals surface area contributed by atoms with E-state index in [4.69, 9.17) is 5.11 Å². The Labute approximate surface area is 52.5 Å². The third kappa shape index (κ3) is 173. The van der Waals surface area contributed by atoms with Crippen LogP contribution in [0.2, 0.25) is 0 Å². The summed E-state index contributed by atoms with van der Waals surface area (Å²) < 4.78 is 0. The summed E-state index contributed by atoms with van der Waals surface area (Å²) in [5, 5.41) is 7.57. The van der Waals surface area contributed by atoms with E-state index in [2.05, 4.69) is 6.92 Å². The van der Waals surface area contributed by atoms with E-state index in [1.165, 1.54) is 0 Å². The van der Waals surface area contributed by atoms with Crippen LogP contribution >= 0.6 is 0 Å². The van der Waals surface area contributed by atoms with Crippen LogP contribution in [0.4, 0.5) is 0 Å². The minimum Gasteiger partial charge on any atom is -0.397 e. The molecular weight excluding hydrogens is 129 g/mol. The molecule has 0 spiro atoms. The fourth-order valence-electron chi connectivity index (χ4n) is 0. The quantitative estimate of drug-likeness (QED) is 0.391. The van der Waals surface area contributed by atoms with Crippen molar-refractivity contribution in [2.45, 2.75) is 13.8 Å². The number of aliphatic hydroxyl groups is 1. The Balaban J connectivity index is -0.0000000275. The first-order valence-electron chi connectivity index (χ1n) is 1.73. The van der Waals surface area contributed by atoms with Gasteiger partial charge in [-0.05, 0) is 6.92 Å². The summed E-state index contributed by atoms with van der Waals surface area (Å²) in [6.07, 6.45) is 0. The summed E-state index contributed by atoms with van der Waals surface area (Å²) in [6, 6.07) is 0. The largest absolute Gasteiger partial charge is 0.397 e. The number of rotatable bonds is 0. The van der Waals surface area contributed by atoms with Gasteiger partial charge in [0.1, 0.15) is 0 Å². The average molecular weight is 141 g/mol. The van der Waals surface area contributed by atoms with E-state index in [1.54, 1.807) is 13.8 Å². The molecule has 0 heterocycles.